The lowest BCUT2D eigenvalue weighted by Gasteiger charge is -2.40. The number of aliphatic hydroxyl groups is 1. The van der Waals surface area contributed by atoms with Crippen LogP contribution in [-0.4, -0.2) is 77.2 Å². The zero-order chi connectivity index (χ0) is 34.2. The van der Waals surface area contributed by atoms with Gasteiger partial charge < -0.3 is 29.7 Å². The molecule has 5 bridgehead atoms. The molecule has 2 saturated heterocycles. The van der Waals surface area contributed by atoms with Crippen LogP contribution in [0.3, 0.4) is 0 Å². The molecule has 6 rings (SSSR count). The Morgan fingerprint density at radius 3 is 2.54 bits per heavy atom. The van der Waals surface area contributed by atoms with E-state index in [1.165, 1.54) is 4.90 Å². The smallest absolute Gasteiger partial charge is 0.306 e. The number of amides is 3. The van der Waals surface area contributed by atoms with Gasteiger partial charge in [-0.3, -0.25) is 19.2 Å². The summed E-state index contributed by atoms with van der Waals surface area (Å²) in [5, 5.41) is 13.8. The number of nitrogens with zero attached hydrogens (tertiary/aromatic N) is 2. The molecule has 2 aromatic rings. The van der Waals surface area contributed by atoms with E-state index < -0.39 is 53.5 Å². The summed E-state index contributed by atoms with van der Waals surface area (Å²) >= 11 is 0. The molecule has 8 atom stereocenters. The number of allylic oxidation sites excluding steroid dienone is 1. The van der Waals surface area contributed by atoms with E-state index in [0.717, 1.165) is 16.7 Å². The number of likely N-dealkylation sites (tertiary alicyclic amines) is 1. The highest BCUT2D eigenvalue weighted by atomic mass is 16.5. The second-order valence-corrected chi connectivity index (χ2v) is 13.5. The number of anilines is 1. The number of benzene rings is 2. The predicted molar refractivity (Wildman–Crippen MR) is 180 cm³/mol. The van der Waals surface area contributed by atoms with Gasteiger partial charge in [-0.25, -0.2) is 0 Å². The fraction of sp³-hybridized carbons (Fsp3) is 0.474. The van der Waals surface area contributed by atoms with Gasteiger partial charge in [0.1, 0.15) is 18.2 Å². The molecule has 0 saturated carbocycles. The lowest BCUT2D eigenvalue weighted by Crippen LogP contribution is -2.59. The number of fused-ring (bicyclic) bond motifs is 2. The molecule has 3 amide bonds. The Balaban J connectivity index is 1.49. The van der Waals surface area contributed by atoms with E-state index in [4.69, 9.17) is 9.47 Å². The van der Waals surface area contributed by atoms with E-state index in [2.05, 4.69) is 5.32 Å². The zero-order valence-corrected chi connectivity index (χ0v) is 28.0. The largest absolute Gasteiger partial charge is 0.463 e. The summed E-state index contributed by atoms with van der Waals surface area (Å²) in [7, 11) is 0. The van der Waals surface area contributed by atoms with Gasteiger partial charge in [-0.2, -0.15) is 0 Å². The number of aliphatic hydroxyl groups excluding tert-OH is 1. The molecule has 4 aliphatic heterocycles. The Hall–Kier alpha value is -4.28. The van der Waals surface area contributed by atoms with Crippen molar-refractivity contribution >= 4 is 29.4 Å². The van der Waals surface area contributed by atoms with Gasteiger partial charge in [0.2, 0.25) is 11.8 Å². The fourth-order valence-electron chi connectivity index (χ4n) is 7.75. The molecule has 2 N–H and O–H groups in total. The highest BCUT2D eigenvalue weighted by molar-refractivity contribution is 6.06. The van der Waals surface area contributed by atoms with Crippen molar-refractivity contribution in [2.45, 2.75) is 76.8 Å². The molecule has 2 fully saturated rings. The fourth-order valence-corrected chi connectivity index (χ4v) is 7.75. The minimum Gasteiger partial charge on any atom is -0.463 e. The van der Waals surface area contributed by atoms with Gasteiger partial charge in [-0.1, -0.05) is 87.0 Å². The van der Waals surface area contributed by atoms with E-state index in [9.17, 15) is 19.5 Å². The van der Waals surface area contributed by atoms with Crippen molar-refractivity contribution in [3.8, 4) is 0 Å². The number of hydrogen-bond acceptors (Lipinski definition) is 7. The zero-order valence-electron chi connectivity index (χ0n) is 28.0. The molecule has 48 heavy (non-hydrogen) atoms. The molecule has 0 unspecified atom stereocenters. The maximum atomic E-state index is 15.2. The van der Waals surface area contributed by atoms with Crippen LogP contribution in [0.5, 0.6) is 0 Å². The van der Waals surface area contributed by atoms with Gasteiger partial charge >= 0.3 is 5.97 Å². The Morgan fingerprint density at radius 1 is 1.04 bits per heavy atom. The molecule has 254 valence electrons. The van der Waals surface area contributed by atoms with Crippen LogP contribution in [-0.2, 0) is 28.7 Å². The molecule has 0 aliphatic carbocycles. The van der Waals surface area contributed by atoms with Crippen LogP contribution in [0.25, 0.3) is 0 Å². The topological polar surface area (TPSA) is 125 Å². The summed E-state index contributed by atoms with van der Waals surface area (Å²) < 4.78 is 12.3. The summed E-state index contributed by atoms with van der Waals surface area (Å²) in [5.74, 6) is -3.65. The van der Waals surface area contributed by atoms with Crippen LogP contribution < -0.4 is 10.2 Å². The van der Waals surface area contributed by atoms with Crippen molar-refractivity contribution in [2.75, 3.05) is 24.7 Å². The number of carbonyl (C=O) groups is 4. The Kier molecular flexibility index (Phi) is 9.58. The lowest BCUT2D eigenvalue weighted by molar-refractivity contribution is -0.147. The summed E-state index contributed by atoms with van der Waals surface area (Å²) in [4.78, 5) is 60.2. The van der Waals surface area contributed by atoms with Gasteiger partial charge in [-0.15, -0.1) is 0 Å². The average Bonchev–Trinajstić information content (AvgIpc) is 3.73. The number of esters is 1. The standard InChI is InChI=1S/C38H45N3O7/c1-5-24(3)29(21-42)41-34-37(46)40(28-20-23(2)15-16-25(28)4)19-11-7-10-14-31(43)47-22-27(26-12-8-6-9-13-26)39-35(44)32-30-17-18-38(34,48-30)33(32)36(41)45/h6-9,11-13,15-18,20,24,27,29-30,32-34,42H,5,10,14,19,21-22H2,1-4H3,(H,39,44)/b11-7-/t24-,27-,29-,30-,32+,33+,34-,38+/m0/s1. The summed E-state index contributed by atoms with van der Waals surface area (Å²) in [6, 6.07) is 12.7. The first-order valence-electron chi connectivity index (χ1n) is 17.0. The normalized spacial score (nSPS) is 31.0. The Morgan fingerprint density at radius 2 is 1.81 bits per heavy atom. The van der Waals surface area contributed by atoms with E-state index in [1.807, 2.05) is 88.4 Å². The maximum absolute atomic E-state index is 15.2. The molecule has 2 aromatic carbocycles. The van der Waals surface area contributed by atoms with E-state index in [-0.39, 0.29) is 43.9 Å². The minimum absolute atomic E-state index is 0.0790. The van der Waals surface area contributed by atoms with Crippen LogP contribution in [0.15, 0.2) is 72.8 Å². The van der Waals surface area contributed by atoms with Gasteiger partial charge in [0, 0.05) is 18.7 Å². The van der Waals surface area contributed by atoms with Gasteiger partial charge in [0.05, 0.1) is 36.6 Å². The number of carbonyl (C=O) groups excluding carboxylic acids is 4. The van der Waals surface area contributed by atoms with Crippen molar-refractivity contribution in [3.63, 3.8) is 0 Å². The molecule has 10 heteroatoms. The third kappa shape index (κ3) is 5.85. The molecule has 0 radical (unpaired) electrons. The highest BCUT2D eigenvalue weighted by Gasteiger charge is 2.74. The second-order valence-electron chi connectivity index (χ2n) is 13.5. The quantitative estimate of drug-likeness (QED) is 0.357. The van der Waals surface area contributed by atoms with Crippen molar-refractivity contribution in [2.24, 2.45) is 17.8 Å². The van der Waals surface area contributed by atoms with Gasteiger partial charge in [-0.05, 0) is 48.9 Å². The summed E-state index contributed by atoms with van der Waals surface area (Å²) in [6.45, 7) is 7.57. The molecular formula is C38H45N3O7. The first-order chi connectivity index (χ1) is 23.1. The average molecular weight is 656 g/mol. The van der Waals surface area contributed by atoms with Crippen LogP contribution in [0.4, 0.5) is 5.69 Å². The molecule has 10 nitrogen and oxygen atoms in total. The summed E-state index contributed by atoms with van der Waals surface area (Å²) in [6.07, 6.45) is 7.73. The van der Waals surface area contributed by atoms with E-state index >= 15 is 4.79 Å². The lowest BCUT2D eigenvalue weighted by atomic mass is 9.74. The number of aryl methyl sites for hydroxylation is 2. The number of ether oxygens (including phenoxy) is 2. The SMILES string of the molecule is CC[C@H](C)[C@H](CO)N1C(=O)[C@H]2[C@@H]3C(=O)N[C@H](c4ccccc4)COC(=O)CC/C=C\CN(c4cc(C)ccc4C)C(=O)[C@H]1[C@@]21C=C[C@@H]3O1. The first kappa shape index (κ1) is 33.6. The van der Waals surface area contributed by atoms with Crippen molar-refractivity contribution in [1.82, 2.24) is 10.2 Å². The number of cyclic esters (lactones) is 1. The van der Waals surface area contributed by atoms with Crippen molar-refractivity contribution < 1.29 is 33.8 Å². The van der Waals surface area contributed by atoms with Crippen LogP contribution >= 0.6 is 0 Å². The number of nitrogens with one attached hydrogen (secondary N) is 1. The molecule has 1 spiro atoms. The highest BCUT2D eigenvalue weighted by Crippen LogP contribution is 2.56. The van der Waals surface area contributed by atoms with Crippen LogP contribution in [0.2, 0.25) is 0 Å². The molecule has 0 aromatic heterocycles. The van der Waals surface area contributed by atoms with Crippen molar-refractivity contribution in [1.29, 1.82) is 0 Å². The number of rotatable bonds is 6. The third-order valence-corrected chi connectivity index (χ3v) is 10.5. The monoisotopic (exact) mass is 655 g/mol. The molecular weight excluding hydrogens is 610 g/mol. The predicted octanol–water partition coefficient (Wildman–Crippen LogP) is 3.94. The third-order valence-electron chi connectivity index (χ3n) is 10.5. The van der Waals surface area contributed by atoms with Crippen LogP contribution in [0, 0.1) is 31.6 Å². The first-order valence-corrected chi connectivity index (χ1v) is 17.0. The van der Waals surface area contributed by atoms with Crippen molar-refractivity contribution in [3.05, 3.63) is 89.5 Å². The van der Waals surface area contributed by atoms with Crippen LogP contribution in [0.1, 0.15) is 55.8 Å². The van der Waals surface area contributed by atoms with Gasteiger partial charge in [0.25, 0.3) is 5.91 Å². The second kappa shape index (κ2) is 13.7. The Bertz CT molecular complexity index is 1620. The molecule has 4 aliphatic rings. The van der Waals surface area contributed by atoms with Gasteiger partial charge in [0.15, 0.2) is 0 Å². The number of hydrogen-bond donors (Lipinski definition) is 2. The van der Waals surface area contributed by atoms with E-state index in [1.54, 1.807) is 17.1 Å². The summed E-state index contributed by atoms with van der Waals surface area (Å²) in [5.41, 5.74) is 1.86. The Labute approximate surface area is 281 Å². The molecule has 4 heterocycles. The maximum Gasteiger partial charge on any atom is 0.306 e. The minimum atomic E-state index is -1.41. The van der Waals surface area contributed by atoms with E-state index in [0.29, 0.717) is 18.5 Å².